The Morgan fingerprint density at radius 3 is 2.61 bits per heavy atom. The Bertz CT molecular complexity index is 1340. The zero-order valence-corrected chi connectivity index (χ0v) is 17.7. The second-order valence-corrected chi connectivity index (χ2v) is 9.09. The third-order valence-corrected chi connectivity index (χ3v) is 6.79. The van der Waals surface area contributed by atoms with E-state index >= 15 is 0 Å². The maximum atomic E-state index is 13.1. The van der Waals surface area contributed by atoms with Crippen molar-refractivity contribution in [1.29, 1.82) is 0 Å². The smallest absolute Gasteiger partial charge is 0.246 e. The quantitative estimate of drug-likeness (QED) is 0.452. The number of phenolic OH excluding ortho intramolecular Hbond substituents is 2. The van der Waals surface area contributed by atoms with Gasteiger partial charge < -0.3 is 14.7 Å². The molecule has 0 amide bonds. The molecule has 2 N–H and O–H groups in total. The van der Waals surface area contributed by atoms with Crippen LogP contribution in [0.1, 0.15) is 5.69 Å². The molecule has 0 aliphatic heterocycles. The summed E-state index contributed by atoms with van der Waals surface area (Å²) in [5.41, 5.74) is 1.50. The van der Waals surface area contributed by atoms with E-state index in [1.54, 1.807) is 30.3 Å². The van der Waals surface area contributed by atoms with Crippen LogP contribution in [0, 0.1) is 0 Å². The summed E-state index contributed by atoms with van der Waals surface area (Å²) in [6, 6.07) is 12.3. The highest BCUT2D eigenvalue weighted by Crippen LogP contribution is 2.39. The predicted octanol–water partition coefficient (Wildman–Crippen LogP) is 3.41. The van der Waals surface area contributed by atoms with E-state index in [9.17, 15) is 18.6 Å². The topological polar surface area (TPSA) is 122 Å². The van der Waals surface area contributed by atoms with Crippen LogP contribution in [-0.4, -0.2) is 44.9 Å². The minimum atomic E-state index is -4.13. The monoisotopic (exact) mass is 460 g/mol. The van der Waals surface area contributed by atoms with Crippen LogP contribution in [0.15, 0.2) is 70.4 Å². The Balaban J connectivity index is 1.80. The number of aromatic nitrogens is 3. The molecule has 0 spiro atoms. The first-order chi connectivity index (χ1) is 14.8. The molecule has 11 heteroatoms. The molecule has 0 saturated carbocycles. The van der Waals surface area contributed by atoms with Gasteiger partial charge in [0.1, 0.15) is 22.7 Å². The molecule has 9 nitrogen and oxygen atoms in total. The Hall–Kier alpha value is -3.34. The van der Waals surface area contributed by atoms with Gasteiger partial charge in [0.05, 0.1) is 34.8 Å². The third-order valence-electron chi connectivity index (χ3n) is 4.64. The molecule has 4 aromatic rings. The number of phenols is 2. The van der Waals surface area contributed by atoms with Gasteiger partial charge >= 0.3 is 0 Å². The number of nitrogens with zero attached hydrogens (tertiary/aromatic N) is 4. The van der Waals surface area contributed by atoms with Crippen molar-refractivity contribution in [3.05, 3.63) is 71.7 Å². The SMILES string of the molecule is CN(Cc1ccon1)S(=O)(=O)c1cc(-c2ccnn2-c2ccccc2Cl)c(O)cc1O. The molecular weight excluding hydrogens is 444 g/mol. The highest BCUT2D eigenvalue weighted by molar-refractivity contribution is 7.89. The van der Waals surface area contributed by atoms with Crippen molar-refractivity contribution in [3.8, 4) is 28.4 Å². The Labute approximate surface area is 182 Å². The van der Waals surface area contributed by atoms with Crippen LogP contribution in [0.5, 0.6) is 11.5 Å². The summed E-state index contributed by atoms with van der Waals surface area (Å²) in [6.45, 7) is -0.0635. The fraction of sp³-hybridized carbons (Fsp3) is 0.100. The van der Waals surface area contributed by atoms with Gasteiger partial charge in [-0.2, -0.15) is 9.40 Å². The molecular formula is C20H17ClN4O5S. The van der Waals surface area contributed by atoms with Crippen LogP contribution in [0.25, 0.3) is 16.9 Å². The molecule has 0 aliphatic carbocycles. The highest BCUT2D eigenvalue weighted by Gasteiger charge is 2.28. The van der Waals surface area contributed by atoms with Crippen LogP contribution in [0.2, 0.25) is 5.02 Å². The van der Waals surface area contributed by atoms with Gasteiger partial charge in [0.15, 0.2) is 0 Å². The largest absolute Gasteiger partial charge is 0.507 e. The average Bonchev–Trinajstić information content (AvgIpc) is 3.40. The summed E-state index contributed by atoms with van der Waals surface area (Å²) in [7, 11) is -2.78. The second kappa shape index (κ2) is 8.06. The molecule has 160 valence electrons. The normalized spacial score (nSPS) is 11.8. The summed E-state index contributed by atoms with van der Waals surface area (Å²) in [6.07, 6.45) is 2.83. The lowest BCUT2D eigenvalue weighted by Crippen LogP contribution is -2.26. The molecule has 0 fully saturated rings. The number of hydrogen-bond acceptors (Lipinski definition) is 7. The minimum Gasteiger partial charge on any atom is -0.507 e. The number of para-hydroxylation sites is 1. The zero-order valence-electron chi connectivity index (χ0n) is 16.2. The predicted molar refractivity (Wildman–Crippen MR) is 112 cm³/mol. The minimum absolute atomic E-state index is 0.0635. The fourth-order valence-electron chi connectivity index (χ4n) is 3.09. The summed E-state index contributed by atoms with van der Waals surface area (Å²) in [5, 5.41) is 29.2. The molecule has 31 heavy (non-hydrogen) atoms. The first kappa shape index (κ1) is 20.9. The van der Waals surface area contributed by atoms with Crippen LogP contribution in [0.3, 0.4) is 0 Å². The van der Waals surface area contributed by atoms with Gasteiger partial charge in [0, 0.05) is 24.7 Å². The molecule has 0 aliphatic rings. The number of sulfonamides is 1. The lowest BCUT2D eigenvalue weighted by atomic mass is 10.1. The summed E-state index contributed by atoms with van der Waals surface area (Å²) >= 11 is 6.27. The number of halogens is 1. The zero-order chi connectivity index (χ0) is 22.2. The second-order valence-electron chi connectivity index (χ2n) is 6.67. The summed E-state index contributed by atoms with van der Waals surface area (Å²) in [4.78, 5) is -0.377. The fourth-order valence-corrected chi connectivity index (χ4v) is 4.54. The molecule has 0 atom stereocenters. The van der Waals surface area contributed by atoms with Gasteiger partial charge in [-0.15, -0.1) is 0 Å². The first-order valence-corrected chi connectivity index (χ1v) is 10.8. The van der Waals surface area contributed by atoms with Crippen LogP contribution in [-0.2, 0) is 16.6 Å². The lowest BCUT2D eigenvalue weighted by Gasteiger charge is -2.18. The molecule has 2 aromatic heterocycles. The van der Waals surface area contributed by atoms with Gasteiger partial charge in [-0.05, 0) is 24.3 Å². The summed E-state index contributed by atoms with van der Waals surface area (Å²) in [5.74, 6) is -0.901. The van der Waals surface area contributed by atoms with Gasteiger partial charge in [-0.1, -0.05) is 28.9 Å². The van der Waals surface area contributed by atoms with Crippen molar-refractivity contribution in [2.75, 3.05) is 7.05 Å². The van der Waals surface area contributed by atoms with E-state index in [1.165, 1.54) is 36.3 Å². The third kappa shape index (κ3) is 3.88. The first-order valence-electron chi connectivity index (χ1n) is 9.00. The van der Waals surface area contributed by atoms with E-state index < -0.39 is 15.8 Å². The van der Waals surface area contributed by atoms with E-state index in [-0.39, 0.29) is 22.8 Å². The summed E-state index contributed by atoms with van der Waals surface area (Å²) < 4.78 is 33.4. The van der Waals surface area contributed by atoms with E-state index in [0.29, 0.717) is 22.1 Å². The average molecular weight is 461 g/mol. The molecule has 0 radical (unpaired) electrons. The van der Waals surface area contributed by atoms with Crippen molar-refractivity contribution < 1.29 is 23.2 Å². The molecule has 2 heterocycles. The highest BCUT2D eigenvalue weighted by atomic mass is 35.5. The van der Waals surface area contributed by atoms with Crippen molar-refractivity contribution in [2.45, 2.75) is 11.4 Å². The number of aromatic hydroxyl groups is 2. The number of benzene rings is 2. The van der Waals surface area contributed by atoms with Crippen LogP contribution >= 0.6 is 11.6 Å². The lowest BCUT2D eigenvalue weighted by molar-refractivity contribution is 0.392. The van der Waals surface area contributed by atoms with Gasteiger partial charge in [0.25, 0.3) is 0 Å². The van der Waals surface area contributed by atoms with E-state index in [4.69, 9.17) is 16.1 Å². The Kier molecular flexibility index (Phi) is 5.44. The Morgan fingerprint density at radius 2 is 1.90 bits per heavy atom. The van der Waals surface area contributed by atoms with Crippen LogP contribution < -0.4 is 0 Å². The maximum absolute atomic E-state index is 13.1. The van der Waals surface area contributed by atoms with E-state index in [2.05, 4.69) is 10.3 Å². The van der Waals surface area contributed by atoms with Crippen molar-refractivity contribution in [2.24, 2.45) is 0 Å². The standard InChI is InChI=1S/C20H17ClN4O5S/c1-24(12-13-7-9-30-23-13)31(28,29)20-10-14(18(26)11-19(20)27)16-6-8-22-25(16)17-5-3-2-4-15(17)21/h2-11,26-27H,12H2,1H3. The molecule has 4 rings (SSSR count). The van der Waals surface area contributed by atoms with E-state index in [0.717, 1.165) is 10.4 Å². The van der Waals surface area contributed by atoms with Crippen molar-refractivity contribution in [3.63, 3.8) is 0 Å². The number of rotatable bonds is 6. The molecule has 0 saturated heterocycles. The van der Waals surface area contributed by atoms with Crippen LogP contribution in [0.4, 0.5) is 0 Å². The molecule has 2 aromatic carbocycles. The van der Waals surface area contributed by atoms with Gasteiger partial charge in [0.2, 0.25) is 10.0 Å². The van der Waals surface area contributed by atoms with Gasteiger partial charge in [-0.25, -0.2) is 13.1 Å². The molecule has 0 bridgehead atoms. The number of hydrogen-bond donors (Lipinski definition) is 2. The Morgan fingerprint density at radius 1 is 1.13 bits per heavy atom. The molecule has 0 unspecified atom stereocenters. The van der Waals surface area contributed by atoms with Gasteiger partial charge in [-0.3, -0.25) is 0 Å². The van der Waals surface area contributed by atoms with E-state index in [1.807, 2.05) is 0 Å². The maximum Gasteiger partial charge on any atom is 0.246 e. The van der Waals surface area contributed by atoms with Crippen molar-refractivity contribution >= 4 is 21.6 Å². The van der Waals surface area contributed by atoms with Crippen molar-refractivity contribution in [1.82, 2.24) is 19.2 Å².